The van der Waals surface area contributed by atoms with E-state index in [-0.39, 0.29) is 11.5 Å². The number of aromatic nitrogens is 1. The molecule has 7 heteroatoms. The zero-order valence-corrected chi connectivity index (χ0v) is 18.5. The number of nitrogens with one attached hydrogen (secondary N) is 1. The van der Waals surface area contributed by atoms with Gasteiger partial charge in [-0.1, -0.05) is 23.8 Å². The third-order valence-corrected chi connectivity index (χ3v) is 5.27. The van der Waals surface area contributed by atoms with Gasteiger partial charge in [0.25, 0.3) is 5.91 Å². The van der Waals surface area contributed by atoms with E-state index in [4.69, 9.17) is 9.72 Å². The van der Waals surface area contributed by atoms with Crippen LogP contribution in [-0.2, 0) is 0 Å². The lowest BCUT2D eigenvalue weighted by Gasteiger charge is -2.11. The Hall–Kier alpha value is -4.39. The van der Waals surface area contributed by atoms with Crippen molar-refractivity contribution in [3.05, 3.63) is 83.4 Å². The van der Waals surface area contributed by atoms with E-state index in [0.29, 0.717) is 39.2 Å². The first-order valence-electron chi connectivity index (χ1n) is 10.3. The van der Waals surface area contributed by atoms with Gasteiger partial charge in [0, 0.05) is 16.5 Å². The molecule has 0 aliphatic carbocycles. The third-order valence-electron chi connectivity index (χ3n) is 5.27. The Labute approximate surface area is 191 Å². The van der Waals surface area contributed by atoms with E-state index in [2.05, 4.69) is 10.5 Å². The summed E-state index contributed by atoms with van der Waals surface area (Å²) >= 11 is 0. The summed E-state index contributed by atoms with van der Waals surface area (Å²) in [5.41, 5.74) is 6.76. The molecule has 0 aliphatic heterocycles. The number of rotatable bonds is 5. The van der Waals surface area contributed by atoms with Gasteiger partial charge in [-0.15, -0.1) is 0 Å². The summed E-state index contributed by atoms with van der Waals surface area (Å²) in [4.78, 5) is 17.9. The number of aromatic hydroxyl groups is 2. The van der Waals surface area contributed by atoms with Crippen LogP contribution in [0.25, 0.3) is 22.2 Å². The second kappa shape index (κ2) is 9.00. The summed E-state index contributed by atoms with van der Waals surface area (Å²) < 4.78 is 5.32. The minimum Gasteiger partial charge on any atom is -0.508 e. The van der Waals surface area contributed by atoms with Crippen LogP contribution in [0.1, 0.15) is 28.4 Å². The Balaban J connectivity index is 1.75. The summed E-state index contributed by atoms with van der Waals surface area (Å²) in [5.74, 6) is 0.211. The highest BCUT2D eigenvalue weighted by Crippen LogP contribution is 2.28. The molecule has 1 heterocycles. The van der Waals surface area contributed by atoms with E-state index in [0.717, 1.165) is 11.1 Å². The summed E-state index contributed by atoms with van der Waals surface area (Å²) in [6, 6.07) is 19.0. The van der Waals surface area contributed by atoms with Crippen molar-refractivity contribution in [2.75, 3.05) is 7.11 Å². The zero-order chi connectivity index (χ0) is 23.5. The van der Waals surface area contributed by atoms with Gasteiger partial charge in [-0.2, -0.15) is 5.10 Å². The number of pyridine rings is 1. The van der Waals surface area contributed by atoms with Crippen LogP contribution in [0.4, 0.5) is 0 Å². The van der Waals surface area contributed by atoms with Gasteiger partial charge in [0.15, 0.2) is 0 Å². The van der Waals surface area contributed by atoms with Gasteiger partial charge >= 0.3 is 0 Å². The van der Waals surface area contributed by atoms with E-state index < -0.39 is 5.91 Å². The molecular formula is C26H23N3O4. The van der Waals surface area contributed by atoms with Crippen molar-refractivity contribution < 1.29 is 19.7 Å². The topological polar surface area (TPSA) is 104 Å². The molecule has 0 atom stereocenters. The van der Waals surface area contributed by atoms with Crippen LogP contribution in [0.15, 0.2) is 71.8 Å². The first-order valence-corrected chi connectivity index (χ1v) is 10.3. The van der Waals surface area contributed by atoms with Crippen LogP contribution < -0.4 is 10.2 Å². The summed E-state index contributed by atoms with van der Waals surface area (Å²) in [6.45, 7) is 3.58. The molecule has 0 bridgehead atoms. The lowest BCUT2D eigenvalue weighted by molar-refractivity contribution is 0.0956. The molecule has 1 amide bonds. The summed E-state index contributed by atoms with van der Waals surface area (Å²) in [7, 11) is 1.60. The van der Waals surface area contributed by atoms with Crippen LogP contribution in [0, 0.1) is 6.92 Å². The van der Waals surface area contributed by atoms with Gasteiger partial charge in [-0.3, -0.25) is 4.79 Å². The normalized spacial score (nSPS) is 11.4. The smallest absolute Gasteiger partial charge is 0.272 e. The number of hydrazone groups is 1. The van der Waals surface area contributed by atoms with Crippen LogP contribution in [0.2, 0.25) is 0 Å². The van der Waals surface area contributed by atoms with Crippen molar-refractivity contribution in [3.8, 4) is 28.5 Å². The van der Waals surface area contributed by atoms with Crippen LogP contribution in [-0.4, -0.2) is 33.9 Å². The standard InChI is InChI=1S/C26H23N3O4/c1-15-7-9-23-21(11-15)22(14-24(27-23)17-5-4-6-19(12-17)33-3)26(32)29-28-16(2)20-13-18(30)8-10-25(20)31/h4-14,30-31H,1-3H3,(H,29,32)/b28-16+. The number of benzene rings is 3. The van der Waals surface area contributed by atoms with E-state index in [9.17, 15) is 15.0 Å². The Bertz CT molecular complexity index is 1400. The quantitative estimate of drug-likeness (QED) is 0.235. The number of phenols is 2. The van der Waals surface area contributed by atoms with Gasteiger partial charge in [-0.05, 0) is 62.4 Å². The predicted molar refractivity (Wildman–Crippen MR) is 128 cm³/mol. The first kappa shape index (κ1) is 21.8. The Morgan fingerprint density at radius 2 is 1.82 bits per heavy atom. The Morgan fingerprint density at radius 3 is 2.61 bits per heavy atom. The van der Waals surface area contributed by atoms with Gasteiger partial charge in [0.1, 0.15) is 17.2 Å². The second-order valence-electron chi connectivity index (χ2n) is 7.65. The van der Waals surface area contributed by atoms with Gasteiger partial charge in [-0.25, -0.2) is 10.4 Å². The molecule has 3 N–H and O–H groups in total. The molecule has 33 heavy (non-hydrogen) atoms. The maximum atomic E-state index is 13.2. The minimum atomic E-state index is -0.420. The molecule has 0 fully saturated rings. The molecule has 4 aromatic rings. The molecule has 0 aliphatic rings. The highest BCUT2D eigenvalue weighted by molar-refractivity contribution is 6.08. The fourth-order valence-corrected chi connectivity index (χ4v) is 3.53. The van der Waals surface area contributed by atoms with Crippen molar-refractivity contribution in [3.63, 3.8) is 0 Å². The fourth-order valence-electron chi connectivity index (χ4n) is 3.53. The number of methoxy groups -OCH3 is 1. The molecule has 0 saturated carbocycles. The minimum absolute atomic E-state index is 0.0118. The average molecular weight is 441 g/mol. The van der Waals surface area contributed by atoms with Crippen LogP contribution >= 0.6 is 0 Å². The summed E-state index contributed by atoms with van der Waals surface area (Å²) in [6.07, 6.45) is 0. The Morgan fingerprint density at radius 1 is 1.00 bits per heavy atom. The molecule has 0 spiro atoms. The monoisotopic (exact) mass is 441 g/mol. The van der Waals surface area contributed by atoms with Gasteiger partial charge in [0.05, 0.1) is 29.6 Å². The highest BCUT2D eigenvalue weighted by Gasteiger charge is 2.15. The molecule has 0 saturated heterocycles. The lowest BCUT2D eigenvalue weighted by Crippen LogP contribution is -2.20. The number of ether oxygens (including phenoxy) is 1. The number of nitrogens with zero attached hydrogens (tertiary/aromatic N) is 2. The van der Waals surface area contributed by atoms with E-state index >= 15 is 0 Å². The Kier molecular flexibility index (Phi) is 5.95. The lowest BCUT2D eigenvalue weighted by atomic mass is 10.0. The molecule has 166 valence electrons. The zero-order valence-electron chi connectivity index (χ0n) is 18.5. The maximum absolute atomic E-state index is 13.2. The molecule has 1 aromatic heterocycles. The van der Waals surface area contributed by atoms with Gasteiger partial charge < -0.3 is 14.9 Å². The molecule has 7 nitrogen and oxygen atoms in total. The number of fused-ring (bicyclic) bond motifs is 1. The molecular weight excluding hydrogens is 418 g/mol. The number of hydrogen-bond acceptors (Lipinski definition) is 6. The first-order chi connectivity index (χ1) is 15.9. The van der Waals surface area contributed by atoms with E-state index in [1.165, 1.54) is 18.2 Å². The fraction of sp³-hybridized carbons (Fsp3) is 0.115. The summed E-state index contributed by atoms with van der Waals surface area (Å²) in [5, 5.41) is 24.6. The number of aryl methyl sites for hydroxylation is 1. The van der Waals surface area contributed by atoms with Crippen molar-refractivity contribution in [2.45, 2.75) is 13.8 Å². The molecule has 0 radical (unpaired) electrons. The molecule has 4 rings (SSSR count). The van der Waals surface area contributed by atoms with Gasteiger partial charge in [0.2, 0.25) is 0 Å². The predicted octanol–water partition coefficient (Wildman–Crippen LogP) is 4.78. The largest absolute Gasteiger partial charge is 0.508 e. The number of hydrogen-bond donors (Lipinski definition) is 3. The maximum Gasteiger partial charge on any atom is 0.272 e. The van der Waals surface area contributed by atoms with E-state index in [1.54, 1.807) is 20.1 Å². The second-order valence-corrected chi connectivity index (χ2v) is 7.65. The number of phenolic OH excluding ortho intramolecular Hbond substituents is 2. The average Bonchev–Trinajstić information content (AvgIpc) is 2.83. The van der Waals surface area contributed by atoms with Crippen LogP contribution in [0.5, 0.6) is 17.2 Å². The number of amides is 1. The van der Waals surface area contributed by atoms with Crippen molar-refractivity contribution >= 4 is 22.5 Å². The number of carbonyl (C=O) groups is 1. The van der Waals surface area contributed by atoms with Crippen molar-refractivity contribution in [2.24, 2.45) is 5.10 Å². The highest BCUT2D eigenvalue weighted by atomic mass is 16.5. The van der Waals surface area contributed by atoms with Crippen molar-refractivity contribution in [1.82, 2.24) is 10.4 Å². The van der Waals surface area contributed by atoms with E-state index in [1.807, 2.05) is 49.4 Å². The molecule has 0 unspecified atom stereocenters. The SMILES string of the molecule is COc1cccc(-c2cc(C(=O)N/N=C(\C)c3cc(O)ccc3O)c3cc(C)ccc3n2)c1. The third kappa shape index (κ3) is 4.62. The number of carbonyl (C=O) groups excluding carboxylic acids is 1. The van der Waals surface area contributed by atoms with Crippen LogP contribution in [0.3, 0.4) is 0 Å². The van der Waals surface area contributed by atoms with Crippen molar-refractivity contribution in [1.29, 1.82) is 0 Å². The molecule has 3 aromatic carbocycles.